The van der Waals surface area contributed by atoms with Gasteiger partial charge in [0.15, 0.2) is 0 Å². The lowest BCUT2D eigenvalue weighted by Crippen LogP contribution is -2.47. The van der Waals surface area contributed by atoms with Gasteiger partial charge in [0, 0.05) is 44.5 Å². The molecule has 35 heavy (non-hydrogen) atoms. The van der Waals surface area contributed by atoms with Crippen LogP contribution in [-0.4, -0.2) is 62.5 Å². The first-order chi connectivity index (χ1) is 17.2. The van der Waals surface area contributed by atoms with Crippen LogP contribution in [0.15, 0.2) is 36.4 Å². The van der Waals surface area contributed by atoms with E-state index >= 15 is 0 Å². The quantitative estimate of drug-likeness (QED) is 0.525. The fourth-order valence-corrected chi connectivity index (χ4v) is 5.57. The summed E-state index contributed by atoms with van der Waals surface area (Å²) in [7, 11) is 0. The van der Waals surface area contributed by atoms with Crippen molar-refractivity contribution < 1.29 is 19.0 Å². The lowest BCUT2D eigenvalue weighted by atomic mass is 9.85. The van der Waals surface area contributed by atoms with E-state index < -0.39 is 0 Å². The van der Waals surface area contributed by atoms with Crippen molar-refractivity contribution in [1.82, 2.24) is 10.2 Å². The first-order valence-electron chi connectivity index (χ1n) is 13.3. The molecule has 1 aliphatic carbocycles. The molecule has 6 heteroatoms. The number of hydrogen-bond donors (Lipinski definition) is 1. The predicted molar refractivity (Wildman–Crippen MR) is 136 cm³/mol. The third-order valence-electron chi connectivity index (χ3n) is 7.52. The van der Waals surface area contributed by atoms with Crippen molar-refractivity contribution in [3.05, 3.63) is 64.2 Å². The molecule has 6 nitrogen and oxygen atoms in total. The Bertz CT molecular complexity index is 1020. The molecule has 0 saturated carbocycles. The monoisotopic (exact) mass is 478 g/mol. The van der Waals surface area contributed by atoms with E-state index in [9.17, 15) is 4.79 Å². The van der Waals surface area contributed by atoms with Crippen molar-refractivity contribution in [3.8, 4) is 5.75 Å². The Morgan fingerprint density at radius 1 is 1.09 bits per heavy atom. The van der Waals surface area contributed by atoms with E-state index in [0.29, 0.717) is 6.61 Å². The average molecular weight is 479 g/mol. The molecule has 1 N–H and O–H groups in total. The van der Waals surface area contributed by atoms with Crippen molar-refractivity contribution in [1.29, 1.82) is 0 Å². The minimum atomic E-state index is 0.167. The molecule has 3 aliphatic rings. The second kappa shape index (κ2) is 11.5. The summed E-state index contributed by atoms with van der Waals surface area (Å²) >= 11 is 0. The van der Waals surface area contributed by atoms with E-state index in [-0.39, 0.29) is 18.1 Å². The summed E-state index contributed by atoms with van der Waals surface area (Å²) in [6.07, 6.45) is 6.25. The van der Waals surface area contributed by atoms with E-state index in [0.717, 1.165) is 94.9 Å². The molecule has 0 spiro atoms. The van der Waals surface area contributed by atoms with Gasteiger partial charge in [-0.25, -0.2) is 0 Å². The summed E-state index contributed by atoms with van der Waals surface area (Å²) in [5, 5.41) is 3.45. The van der Waals surface area contributed by atoms with Gasteiger partial charge in [0.1, 0.15) is 12.4 Å². The third kappa shape index (κ3) is 5.88. The third-order valence-corrected chi connectivity index (χ3v) is 7.52. The molecule has 2 aliphatic heterocycles. The smallest absolute Gasteiger partial charge is 0.254 e. The number of hydrogen-bond acceptors (Lipinski definition) is 5. The van der Waals surface area contributed by atoms with Crippen LogP contribution >= 0.6 is 0 Å². The molecule has 1 saturated heterocycles. The summed E-state index contributed by atoms with van der Waals surface area (Å²) in [4.78, 5) is 15.5. The number of ether oxygens (including phenoxy) is 3. The zero-order chi connectivity index (χ0) is 24.0. The van der Waals surface area contributed by atoms with Gasteiger partial charge in [0.2, 0.25) is 0 Å². The Balaban J connectivity index is 1.17. The van der Waals surface area contributed by atoms with Crippen molar-refractivity contribution in [2.75, 3.05) is 39.5 Å². The molecular weight excluding hydrogens is 440 g/mol. The highest BCUT2D eigenvalue weighted by molar-refractivity contribution is 5.97. The number of amides is 1. The summed E-state index contributed by atoms with van der Waals surface area (Å²) in [5.41, 5.74) is 6.08. The fourth-order valence-electron chi connectivity index (χ4n) is 5.57. The van der Waals surface area contributed by atoms with Crippen molar-refractivity contribution in [2.24, 2.45) is 0 Å². The Morgan fingerprint density at radius 2 is 2.03 bits per heavy atom. The summed E-state index contributed by atoms with van der Waals surface area (Å²) in [5.74, 6) is 1.01. The van der Waals surface area contributed by atoms with E-state index in [1.165, 1.54) is 16.7 Å². The topological polar surface area (TPSA) is 60.0 Å². The number of nitrogens with one attached hydrogen (secondary N) is 1. The highest BCUT2D eigenvalue weighted by atomic mass is 16.5. The van der Waals surface area contributed by atoms with Crippen LogP contribution in [0, 0.1) is 0 Å². The second-order valence-corrected chi connectivity index (χ2v) is 9.89. The van der Waals surface area contributed by atoms with Crippen LogP contribution < -0.4 is 10.1 Å². The molecule has 2 aromatic carbocycles. The van der Waals surface area contributed by atoms with Crippen LogP contribution in [0.1, 0.15) is 58.8 Å². The molecule has 1 fully saturated rings. The van der Waals surface area contributed by atoms with Gasteiger partial charge in [0.05, 0.1) is 12.7 Å². The Labute approximate surface area is 208 Å². The van der Waals surface area contributed by atoms with Crippen LogP contribution in [0.5, 0.6) is 5.75 Å². The largest absolute Gasteiger partial charge is 0.491 e. The van der Waals surface area contributed by atoms with Crippen molar-refractivity contribution in [3.63, 3.8) is 0 Å². The van der Waals surface area contributed by atoms with E-state index in [1.54, 1.807) is 0 Å². The molecule has 0 unspecified atom stereocenters. The Hall–Kier alpha value is -2.41. The highest BCUT2D eigenvalue weighted by Gasteiger charge is 2.32. The van der Waals surface area contributed by atoms with Gasteiger partial charge in [-0.2, -0.15) is 0 Å². The van der Waals surface area contributed by atoms with Crippen LogP contribution in [-0.2, 0) is 35.3 Å². The molecule has 0 bridgehead atoms. The van der Waals surface area contributed by atoms with Crippen LogP contribution in [0.3, 0.4) is 0 Å². The zero-order valence-corrected chi connectivity index (χ0v) is 20.9. The first kappa shape index (κ1) is 24.3. The van der Waals surface area contributed by atoms with Gasteiger partial charge in [-0.3, -0.25) is 4.79 Å². The number of nitrogens with zero attached hydrogens (tertiary/aromatic N) is 1. The molecule has 0 aromatic heterocycles. The maximum atomic E-state index is 13.4. The fraction of sp³-hybridized carbons (Fsp3) is 0.552. The minimum absolute atomic E-state index is 0.167. The average Bonchev–Trinajstić information content (AvgIpc) is 3.41. The molecule has 5 rings (SSSR count). The van der Waals surface area contributed by atoms with Crippen molar-refractivity contribution in [2.45, 2.75) is 64.1 Å². The molecule has 2 atom stereocenters. The standard InChI is InChI=1S/C29H38N2O4/c1-2-33-15-12-30-19-21-5-6-23-17-25(8-7-22(23)16-21)31-13-11-24-18-26(9-10-28(24)29(31)32)35-20-27-4-3-14-34-27/h5-6,9-10,16,18,25,27,30H,2-4,7-8,11-15,17,19-20H2,1H3/t25-,27-/m0/s1. The lowest BCUT2D eigenvalue weighted by molar-refractivity contribution is 0.0638. The molecular formula is C29H38N2O4. The summed E-state index contributed by atoms with van der Waals surface area (Å²) in [6.45, 7) is 7.47. The summed E-state index contributed by atoms with van der Waals surface area (Å²) < 4.78 is 17.0. The highest BCUT2D eigenvalue weighted by Crippen LogP contribution is 2.31. The summed E-state index contributed by atoms with van der Waals surface area (Å²) in [6, 6.07) is 13.0. The van der Waals surface area contributed by atoms with E-state index in [1.807, 2.05) is 19.1 Å². The van der Waals surface area contributed by atoms with Gasteiger partial charge in [0.25, 0.3) is 5.91 Å². The van der Waals surface area contributed by atoms with E-state index in [2.05, 4.69) is 34.5 Å². The minimum Gasteiger partial charge on any atom is -0.491 e. The number of rotatable bonds is 10. The van der Waals surface area contributed by atoms with Gasteiger partial charge in [-0.15, -0.1) is 0 Å². The SMILES string of the molecule is CCOCCNCc1ccc2c(c1)CC[C@H](N1CCc3cc(OC[C@@H]4CCCO4)ccc3C1=O)C2. The molecule has 1 amide bonds. The van der Waals surface area contributed by atoms with Crippen LogP contribution in [0.4, 0.5) is 0 Å². The number of fused-ring (bicyclic) bond motifs is 2. The molecule has 188 valence electrons. The Kier molecular flexibility index (Phi) is 8.02. The number of carbonyl (C=O) groups excluding carboxylic acids is 1. The maximum Gasteiger partial charge on any atom is 0.254 e. The van der Waals surface area contributed by atoms with Gasteiger partial charge >= 0.3 is 0 Å². The molecule has 2 aromatic rings. The van der Waals surface area contributed by atoms with Crippen molar-refractivity contribution >= 4 is 5.91 Å². The van der Waals surface area contributed by atoms with Crippen LogP contribution in [0.25, 0.3) is 0 Å². The van der Waals surface area contributed by atoms with E-state index in [4.69, 9.17) is 14.2 Å². The van der Waals surface area contributed by atoms with Gasteiger partial charge < -0.3 is 24.4 Å². The Morgan fingerprint density at radius 3 is 2.89 bits per heavy atom. The number of carbonyl (C=O) groups is 1. The predicted octanol–water partition coefficient (Wildman–Crippen LogP) is 3.93. The number of aryl methyl sites for hydroxylation is 1. The zero-order valence-electron chi connectivity index (χ0n) is 20.9. The lowest BCUT2D eigenvalue weighted by Gasteiger charge is -2.38. The van der Waals surface area contributed by atoms with Gasteiger partial charge in [-0.1, -0.05) is 18.2 Å². The number of benzene rings is 2. The molecule has 0 radical (unpaired) electrons. The normalized spacial score (nSPS) is 21.6. The first-order valence-corrected chi connectivity index (χ1v) is 13.3. The van der Waals surface area contributed by atoms with Gasteiger partial charge in [-0.05, 0) is 85.9 Å². The maximum absolute atomic E-state index is 13.4. The van der Waals surface area contributed by atoms with Crippen LogP contribution in [0.2, 0.25) is 0 Å². The second-order valence-electron chi connectivity index (χ2n) is 9.89. The molecule has 2 heterocycles.